The summed E-state index contributed by atoms with van der Waals surface area (Å²) in [5, 5.41) is 12.3. The molecule has 0 fully saturated rings. The minimum Gasteiger partial charge on any atom is -0.495 e. The van der Waals surface area contributed by atoms with Gasteiger partial charge in [0.15, 0.2) is 0 Å². The molecule has 0 amide bonds. The zero-order chi connectivity index (χ0) is 12.0. The summed E-state index contributed by atoms with van der Waals surface area (Å²) in [4.78, 5) is 10.6. The van der Waals surface area contributed by atoms with Gasteiger partial charge in [0.2, 0.25) is 0 Å². The maximum absolute atomic E-state index is 10.6. The van der Waals surface area contributed by atoms with E-state index in [2.05, 4.69) is 5.32 Å². The maximum atomic E-state index is 10.6. The topological polar surface area (TPSA) is 58.6 Å². The fraction of sp³-hybridized carbons (Fsp3) is 0.364. The van der Waals surface area contributed by atoms with Crippen LogP contribution < -0.4 is 10.1 Å². The first-order chi connectivity index (χ1) is 7.71. The number of rotatable bonds is 6. The van der Waals surface area contributed by atoms with Crippen molar-refractivity contribution in [2.75, 3.05) is 24.9 Å². The molecule has 0 saturated heterocycles. The fourth-order valence-corrected chi connectivity index (χ4v) is 1.33. The van der Waals surface area contributed by atoms with E-state index < -0.39 is 6.10 Å². The molecule has 1 aromatic carbocycles. The first kappa shape index (κ1) is 12.8. The van der Waals surface area contributed by atoms with E-state index in [0.717, 1.165) is 6.29 Å². The molecule has 88 valence electrons. The number of nitrogens with one attached hydrogen (secondary N) is 1. The van der Waals surface area contributed by atoms with Crippen molar-refractivity contribution in [1.29, 1.82) is 0 Å². The summed E-state index contributed by atoms with van der Waals surface area (Å²) in [5.74, 6) is 0.773. The van der Waals surface area contributed by atoms with Crippen molar-refractivity contribution in [3.8, 4) is 5.75 Å². The molecular formula is C11H14ClNO3. The van der Waals surface area contributed by atoms with Gasteiger partial charge in [-0.25, -0.2) is 0 Å². The van der Waals surface area contributed by atoms with Crippen LogP contribution in [0.1, 0.15) is 10.4 Å². The van der Waals surface area contributed by atoms with Gasteiger partial charge in [0.05, 0.1) is 24.8 Å². The summed E-state index contributed by atoms with van der Waals surface area (Å²) in [6.07, 6.45) is 0.119. The summed E-state index contributed by atoms with van der Waals surface area (Å²) in [5.41, 5.74) is 1.21. The van der Waals surface area contributed by atoms with Crippen LogP contribution in [0.4, 0.5) is 5.69 Å². The number of hydrogen-bond donors (Lipinski definition) is 2. The Labute approximate surface area is 99.2 Å². The molecule has 2 N–H and O–H groups in total. The van der Waals surface area contributed by atoms with E-state index in [1.807, 2.05) is 0 Å². The lowest BCUT2D eigenvalue weighted by Crippen LogP contribution is -2.21. The lowest BCUT2D eigenvalue weighted by Gasteiger charge is -2.13. The van der Waals surface area contributed by atoms with E-state index in [0.29, 0.717) is 23.5 Å². The number of hydrogen-bond acceptors (Lipinski definition) is 4. The highest BCUT2D eigenvalue weighted by Crippen LogP contribution is 2.24. The smallest absolute Gasteiger partial charge is 0.150 e. The summed E-state index contributed by atoms with van der Waals surface area (Å²) in [7, 11) is 1.54. The Morgan fingerprint density at radius 3 is 2.94 bits per heavy atom. The molecule has 5 heteroatoms. The van der Waals surface area contributed by atoms with Crippen molar-refractivity contribution >= 4 is 23.6 Å². The SMILES string of the molecule is COc1ccc(C=O)cc1NCC(O)CCl. The minimum atomic E-state index is -0.633. The van der Waals surface area contributed by atoms with Crippen LogP contribution >= 0.6 is 11.6 Å². The number of alkyl halides is 1. The van der Waals surface area contributed by atoms with E-state index in [4.69, 9.17) is 16.3 Å². The third kappa shape index (κ3) is 3.40. The standard InChI is InChI=1S/C11H14ClNO3/c1-16-11-3-2-8(7-14)4-10(11)13-6-9(15)5-12/h2-4,7,9,13,15H,5-6H2,1H3. The average Bonchev–Trinajstić information content (AvgIpc) is 2.35. The lowest BCUT2D eigenvalue weighted by molar-refractivity contribution is 0.112. The first-order valence-electron chi connectivity index (χ1n) is 4.82. The van der Waals surface area contributed by atoms with Crippen molar-refractivity contribution in [1.82, 2.24) is 0 Å². The van der Waals surface area contributed by atoms with Gasteiger partial charge in [0.25, 0.3) is 0 Å². The number of halogens is 1. The van der Waals surface area contributed by atoms with Gasteiger partial charge in [-0.1, -0.05) is 0 Å². The van der Waals surface area contributed by atoms with E-state index in [-0.39, 0.29) is 5.88 Å². The van der Waals surface area contributed by atoms with Gasteiger partial charge in [0, 0.05) is 12.1 Å². The van der Waals surface area contributed by atoms with Crippen molar-refractivity contribution in [3.63, 3.8) is 0 Å². The number of ether oxygens (including phenoxy) is 1. The Morgan fingerprint density at radius 1 is 1.62 bits per heavy atom. The normalized spacial score (nSPS) is 11.9. The molecule has 0 aromatic heterocycles. The Bertz CT molecular complexity index is 357. The van der Waals surface area contributed by atoms with Crippen LogP contribution in [0.25, 0.3) is 0 Å². The largest absolute Gasteiger partial charge is 0.495 e. The Balaban J connectivity index is 2.78. The molecule has 0 radical (unpaired) electrons. The molecule has 1 rings (SSSR count). The quantitative estimate of drug-likeness (QED) is 0.588. The monoisotopic (exact) mass is 243 g/mol. The highest BCUT2D eigenvalue weighted by atomic mass is 35.5. The van der Waals surface area contributed by atoms with Crippen LogP contribution in [0.15, 0.2) is 18.2 Å². The predicted octanol–water partition coefficient (Wildman–Crippen LogP) is 1.52. The predicted molar refractivity (Wildman–Crippen MR) is 63.6 cm³/mol. The number of anilines is 1. The molecule has 0 aliphatic rings. The zero-order valence-corrected chi connectivity index (χ0v) is 9.70. The Morgan fingerprint density at radius 2 is 2.38 bits per heavy atom. The van der Waals surface area contributed by atoms with Gasteiger partial charge < -0.3 is 15.2 Å². The summed E-state index contributed by atoms with van der Waals surface area (Å²) < 4.78 is 5.12. The number of carbonyl (C=O) groups is 1. The number of aliphatic hydroxyl groups excluding tert-OH is 1. The highest BCUT2D eigenvalue weighted by Gasteiger charge is 2.06. The van der Waals surface area contributed by atoms with Crippen LogP contribution in [0.3, 0.4) is 0 Å². The third-order valence-corrected chi connectivity index (χ3v) is 2.42. The molecule has 0 aliphatic carbocycles. The molecule has 0 bridgehead atoms. The van der Waals surface area contributed by atoms with Crippen LogP contribution in [0.2, 0.25) is 0 Å². The van der Waals surface area contributed by atoms with Gasteiger partial charge >= 0.3 is 0 Å². The fourth-order valence-electron chi connectivity index (χ4n) is 1.22. The number of aliphatic hydroxyl groups is 1. The van der Waals surface area contributed by atoms with E-state index in [1.165, 1.54) is 0 Å². The molecule has 0 spiro atoms. The molecule has 4 nitrogen and oxygen atoms in total. The van der Waals surface area contributed by atoms with Crippen molar-refractivity contribution < 1.29 is 14.6 Å². The first-order valence-corrected chi connectivity index (χ1v) is 5.35. The molecule has 16 heavy (non-hydrogen) atoms. The molecule has 1 atom stereocenters. The summed E-state index contributed by atoms with van der Waals surface area (Å²) in [6, 6.07) is 5.01. The van der Waals surface area contributed by atoms with Crippen LogP contribution in [-0.2, 0) is 0 Å². The highest BCUT2D eigenvalue weighted by molar-refractivity contribution is 6.18. The summed E-state index contributed by atoms with van der Waals surface area (Å²) >= 11 is 5.47. The molecule has 0 heterocycles. The van der Waals surface area contributed by atoms with Crippen LogP contribution in [0, 0.1) is 0 Å². The van der Waals surface area contributed by atoms with Gasteiger partial charge in [-0.05, 0) is 18.2 Å². The van der Waals surface area contributed by atoms with E-state index >= 15 is 0 Å². The molecule has 1 unspecified atom stereocenters. The summed E-state index contributed by atoms with van der Waals surface area (Å²) in [6.45, 7) is 0.308. The number of carbonyl (C=O) groups excluding carboxylic acids is 1. The number of benzene rings is 1. The Kier molecular flexibility index (Phi) is 5.08. The van der Waals surface area contributed by atoms with Crippen molar-refractivity contribution in [2.24, 2.45) is 0 Å². The van der Waals surface area contributed by atoms with Crippen LogP contribution in [-0.4, -0.2) is 37.0 Å². The third-order valence-electron chi connectivity index (χ3n) is 2.07. The molecule has 0 aliphatic heterocycles. The van der Waals surface area contributed by atoms with Gasteiger partial charge in [-0.15, -0.1) is 11.6 Å². The van der Waals surface area contributed by atoms with Crippen molar-refractivity contribution in [3.05, 3.63) is 23.8 Å². The molecule has 0 saturated carbocycles. The second-order valence-electron chi connectivity index (χ2n) is 3.27. The van der Waals surface area contributed by atoms with E-state index in [9.17, 15) is 9.90 Å². The number of aldehydes is 1. The van der Waals surface area contributed by atoms with Gasteiger partial charge in [-0.3, -0.25) is 4.79 Å². The zero-order valence-electron chi connectivity index (χ0n) is 8.94. The van der Waals surface area contributed by atoms with E-state index in [1.54, 1.807) is 25.3 Å². The minimum absolute atomic E-state index is 0.155. The maximum Gasteiger partial charge on any atom is 0.150 e. The van der Waals surface area contributed by atoms with Crippen LogP contribution in [0.5, 0.6) is 5.75 Å². The van der Waals surface area contributed by atoms with Crippen molar-refractivity contribution in [2.45, 2.75) is 6.10 Å². The lowest BCUT2D eigenvalue weighted by atomic mass is 10.2. The van der Waals surface area contributed by atoms with Gasteiger partial charge in [0.1, 0.15) is 12.0 Å². The molecule has 1 aromatic rings. The average molecular weight is 244 g/mol. The number of methoxy groups -OCH3 is 1. The second-order valence-corrected chi connectivity index (χ2v) is 3.58. The molecular weight excluding hydrogens is 230 g/mol. The Hall–Kier alpha value is -1.26. The van der Waals surface area contributed by atoms with Gasteiger partial charge in [-0.2, -0.15) is 0 Å². The second kappa shape index (κ2) is 6.35.